The van der Waals surface area contributed by atoms with Crippen molar-refractivity contribution in [1.82, 2.24) is 0 Å². The summed E-state index contributed by atoms with van der Waals surface area (Å²) in [5.74, 6) is -2.80. The Balaban J connectivity index is 5.80. The lowest BCUT2D eigenvalue weighted by molar-refractivity contribution is -0.347. The van der Waals surface area contributed by atoms with Gasteiger partial charge in [0, 0.05) is 10.8 Å². The summed E-state index contributed by atoms with van der Waals surface area (Å²) in [6, 6.07) is 0. The van der Waals surface area contributed by atoms with Gasteiger partial charge >= 0.3 is 18.5 Å². The molecule has 24 heavy (non-hydrogen) atoms. The predicted octanol–water partition coefficient (Wildman–Crippen LogP) is 6.28. The van der Waals surface area contributed by atoms with E-state index in [0.717, 1.165) is 22.6 Å². The second kappa shape index (κ2) is 7.25. The summed E-state index contributed by atoms with van der Waals surface area (Å²) in [6.07, 6.45) is -26.3. The van der Waals surface area contributed by atoms with Crippen molar-refractivity contribution in [2.75, 3.05) is 4.43 Å². The van der Waals surface area contributed by atoms with Gasteiger partial charge in [0.15, 0.2) is 0 Å². The van der Waals surface area contributed by atoms with Crippen LogP contribution in [0.5, 0.6) is 0 Å². The molecule has 0 bridgehead atoms. The molecule has 0 heterocycles. The second-order valence-electron chi connectivity index (χ2n) is 5.33. The molecule has 0 aliphatic rings. The molecular weight excluding hydrogens is 487 g/mol. The first-order chi connectivity index (χ1) is 10.3. The predicted molar refractivity (Wildman–Crippen MR) is 68.0 cm³/mol. The van der Waals surface area contributed by atoms with Crippen LogP contribution in [0.4, 0.5) is 52.7 Å². The lowest BCUT2D eigenvalue weighted by atomic mass is 9.81. The number of halogens is 13. The summed E-state index contributed by atoms with van der Waals surface area (Å²) < 4.78 is 152. The molecule has 0 saturated heterocycles. The fourth-order valence-corrected chi connectivity index (χ4v) is 2.53. The Kier molecular flexibility index (Phi) is 7.22. The average Bonchev–Trinajstić information content (AvgIpc) is 2.32. The minimum Gasteiger partial charge on any atom is -0.246 e. The topological polar surface area (TPSA) is 0 Å². The summed E-state index contributed by atoms with van der Waals surface area (Å²) in [5, 5.41) is 0. The van der Waals surface area contributed by atoms with Crippen LogP contribution in [0.25, 0.3) is 0 Å². The van der Waals surface area contributed by atoms with Gasteiger partial charge in [-0.2, -0.15) is 39.5 Å². The summed E-state index contributed by atoms with van der Waals surface area (Å²) in [6.45, 7) is -0.166. The van der Waals surface area contributed by atoms with Gasteiger partial charge in [-0.15, -0.1) is 0 Å². The highest BCUT2D eigenvalue weighted by atomic mass is 127. The summed E-state index contributed by atoms with van der Waals surface area (Å²) in [7, 11) is 0. The third-order valence-electron chi connectivity index (χ3n) is 3.34. The molecule has 0 saturated carbocycles. The summed E-state index contributed by atoms with van der Waals surface area (Å²) >= 11 is 1.13. The zero-order chi connectivity index (χ0) is 19.8. The Morgan fingerprint density at radius 1 is 0.708 bits per heavy atom. The van der Waals surface area contributed by atoms with Crippen LogP contribution in [0.3, 0.4) is 0 Å². The van der Waals surface area contributed by atoms with Crippen LogP contribution >= 0.6 is 22.6 Å². The van der Waals surface area contributed by atoms with Gasteiger partial charge in [0.25, 0.3) is 5.67 Å². The average molecular weight is 498 g/mol. The number of rotatable bonds is 6. The zero-order valence-corrected chi connectivity index (χ0v) is 13.8. The molecule has 146 valence electrons. The first kappa shape index (κ1) is 23.9. The Bertz CT molecular complexity index is 393. The third kappa shape index (κ3) is 5.19. The zero-order valence-electron chi connectivity index (χ0n) is 11.7. The maximum atomic E-state index is 13.6. The number of hydrogen-bond acceptors (Lipinski definition) is 0. The number of hydrogen-bond donors (Lipinski definition) is 0. The Morgan fingerprint density at radius 3 is 1.33 bits per heavy atom. The molecule has 0 rings (SSSR count). The second-order valence-corrected chi connectivity index (χ2v) is 6.21. The fraction of sp³-hybridized carbons (Fsp3) is 1.00. The quantitative estimate of drug-likeness (QED) is 0.230. The highest BCUT2D eigenvalue weighted by molar-refractivity contribution is 14.1. The fourth-order valence-electron chi connectivity index (χ4n) is 1.82. The molecule has 0 aromatic rings. The third-order valence-corrected chi connectivity index (χ3v) is 4.18. The molecule has 0 amide bonds. The Labute approximate surface area is 142 Å². The lowest BCUT2D eigenvalue weighted by Gasteiger charge is -2.36. The minimum atomic E-state index is -6.56. The standard InChI is InChI=1S/C11H11F12I/c1-7(13,9(15,16)17)2-5(6(12)4-24)3-8(14,10(18,19)20)11(21,22)23/h5-6H,2-4H2,1H3. The Morgan fingerprint density at radius 2 is 1.08 bits per heavy atom. The van der Waals surface area contributed by atoms with Crippen molar-refractivity contribution < 1.29 is 52.7 Å². The highest BCUT2D eigenvalue weighted by Crippen LogP contribution is 2.52. The smallest absolute Gasteiger partial charge is 0.246 e. The molecule has 0 aliphatic carbocycles. The molecule has 0 aromatic carbocycles. The van der Waals surface area contributed by atoms with Crippen LogP contribution in [0.1, 0.15) is 19.8 Å². The molecule has 0 nitrogen and oxygen atoms in total. The Hall–Kier alpha value is -0.110. The summed E-state index contributed by atoms with van der Waals surface area (Å²) in [4.78, 5) is 0. The molecule has 0 aliphatic heterocycles. The molecule has 3 atom stereocenters. The molecule has 0 N–H and O–H groups in total. The van der Waals surface area contributed by atoms with Gasteiger partial charge in [0.2, 0.25) is 5.67 Å². The van der Waals surface area contributed by atoms with Crippen LogP contribution in [-0.2, 0) is 0 Å². The van der Waals surface area contributed by atoms with E-state index >= 15 is 0 Å². The largest absolute Gasteiger partial charge is 0.431 e. The van der Waals surface area contributed by atoms with Gasteiger partial charge in [-0.3, -0.25) is 0 Å². The van der Waals surface area contributed by atoms with E-state index in [1.807, 2.05) is 0 Å². The monoisotopic (exact) mass is 498 g/mol. The van der Waals surface area contributed by atoms with Crippen molar-refractivity contribution in [3.8, 4) is 0 Å². The normalized spacial score (nSPS) is 19.8. The van der Waals surface area contributed by atoms with Gasteiger partial charge in [-0.05, 0) is 19.3 Å². The molecule has 0 spiro atoms. The van der Waals surface area contributed by atoms with Crippen molar-refractivity contribution in [3.63, 3.8) is 0 Å². The first-order valence-corrected chi connectivity index (χ1v) is 7.61. The van der Waals surface area contributed by atoms with E-state index in [2.05, 4.69) is 0 Å². The van der Waals surface area contributed by atoms with Crippen molar-refractivity contribution in [2.45, 2.75) is 55.8 Å². The van der Waals surface area contributed by atoms with Gasteiger partial charge in [-0.1, -0.05) is 22.6 Å². The molecule has 0 aromatic heterocycles. The van der Waals surface area contributed by atoms with Gasteiger partial charge in [0.05, 0.1) is 0 Å². The van der Waals surface area contributed by atoms with Crippen LogP contribution in [-0.4, -0.2) is 40.5 Å². The van der Waals surface area contributed by atoms with E-state index < -0.39 is 59.2 Å². The van der Waals surface area contributed by atoms with Gasteiger partial charge in [-0.25, -0.2) is 13.2 Å². The van der Waals surface area contributed by atoms with Crippen molar-refractivity contribution in [1.29, 1.82) is 0 Å². The van der Waals surface area contributed by atoms with Crippen LogP contribution in [0, 0.1) is 5.92 Å². The van der Waals surface area contributed by atoms with Crippen molar-refractivity contribution >= 4 is 22.6 Å². The van der Waals surface area contributed by atoms with E-state index in [1.165, 1.54) is 0 Å². The molecule has 0 radical (unpaired) electrons. The number of alkyl halides is 13. The molecule has 3 unspecified atom stereocenters. The van der Waals surface area contributed by atoms with Crippen LogP contribution < -0.4 is 0 Å². The molecule has 0 fully saturated rings. The van der Waals surface area contributed by atoms with Crippen LogP contribution in [0.15, 0.2) is 0 Å². The first-order valence-electron chi connectivity index (χ1n) is 6.08. The van der Waals surface area contributed by atoms with E-state index in [-0.39, 0.29) is 6.92 Å². The minimum absolute atomic E-state index is 0.166. The maximum Gasteiger partial charge on any atom is 0.431 e. The van der Waals surface area contributed by atoms with Gasteiger partial charge in [0.1, 0.15) is 6.17 Å². The lowest BCUT2D eigenvalue weighted by Crippen LogP contribution is -2.55. The van der Waals surface area contributed by atoms with E-state index in [1.54, 1.807) is 0 Å². The molecular formula is C11H11F12I. The van der Waals surface area contributed by atoms with Gasteiger partial charge < -0.3 is 0 Å². The molecule has 13 heteroatoms. The van der Waals surface area contributed by atoms with Crippen LogP contribution in [0.2, 0.25) is 0 Å². The highest BCUT2D eigenvalue weighted by Gasteiger charge is 2.73. The van der Waals surface area contributed by atoms with E-state index in [4.69, 9.17) is 0 Å². The van der Waals surface area contributed by atoms with E-state index in [0.29, 0.717) is 0 Å². The SMILES string of the molecule is CC(F)(CC(CC(F)(C(F)(F)F)C(F)(F)F)C(F)CI)C(F)(F)F. The summed E-state index contributed by atoms with van der Waals surface area (Å²) in [5.41, 5.74) is -10.2. The van der Waals surface area contributed by atoms with Crippen molar-refractivity contribution in [2.24, 2.45) is 5.92 Å². The van der Waals surface area contributed by atoms with E-state index in [9.17, 15) is 52.7 Å². The maximum absolute atomic E-state index is 13.6. The van der Waals surface area contributed by atoms with Crippen molar-refractivity contribution in [3.05, 3.63) is 0 Å².